The van der Waals surface area contributed by atoms with Gasteiger partial charge in [0.25, 0.3) is 0 Å². The first-order chi connectivity index (χ1) is 5.52. The number of carboxylic acids is 1. The summed E-state index contributed by atoms with van der Waals surface area (Å²) in [5.74, 6) is -2.84. The zero-order valence-corrected chi connectivity index (χ0v) is 5.91. The van der Waals surface area contributed by atoms with Gasteiger partial charge in [0.15, 0.2) is 0 Å². The first-order valence-corrected chi connectivity index (χ1v) is 3.03. The Morgan fingerprint density at radius 2 is 2.08 bits per heavy atom. The van der Waals surface area contributed by atoms with Gasteiger partial charge in [-0.2, -0.15) is 0 Å². The summed E-state index contributed by atoms with van der Waals surface area (Å²) in [6.07, 6.45) is 0. The third kappa shape index (κ3) is 1.29. The molecule has 0 aliphatic rings. The van der Waals surface area contributed by atoms with Crippen molar-refractivity contribution in [3.05, 3.63) is 23.5 Å². The van der Waals surface area contributed by atoms with Crippen LogP contribution in [0.2, 0.25) is 0 Å². The minimum Gasteiger partial charge on any atom is -0.506 e. The Hall–Kier alpha value is -1.78. The Morgan fingerprint density at radius 1 is 1.50 bits per heavy atom. The Labute approximate surface area is 67.1 Å². The summed E-state index contributed by atoms with van der Waals surface area (Å²) in [6, 6.07) is 1.53. The Balaban J connectivity index is 3.33. The van der Waals surface area contributed by atoms with E-state index in [1.54, 1.807) is 0 Å². The van der Waals surface area contributed by atoms with Crippen LogP contribution in [-0.2, 0) is 0 Å². The van der Waals surface area contributed by atoms with Crippen LogP contribution in [0.25, 0.3) is 0 Å². The highest BCUT2D eigenvalue weighted by Gasteiger charge is 2.12. The predicted molar refractivity (Wildman–Crippen MR) is 39.4 cm³/mol. The van der Waals surface area contributed by atoms with E-state index in [2.05, 4.69) is 0 Å². The van der Waals surface area contributed by atoms with Crippen LogP contribution in [0.1, 0.15) is 10.4 Å². The molecule has 5 heteroatoms. The standard InChI is InChI=1S/C7H6FNO3/c8-4-2-5(9)6(10)1-3(4)7(11)12/h1-2,10H,9H2,(H,11,12). The molecule has 0 saturated heterocycles. The van der Waals surface area contributed by atoms with Crippen LogP contribution >= 0.6 is 0 Å². The zero-order valence-electron chi connectivity index (χ0n) is 5.91. The van der Waals surface area contributed by atoms with E-state index in [0.29, 0.717) is 0 Å². The maximum atomic E-state index is 12.7. The van der Waals surface area contributed by atoms with Crippen molar-refractivity contribution in [2.45, 2.75) is 0 Å². The van der Waals surface area contributed by atoms with Gasteiger partial charge in [0.05, 0.1) is 11.3 Å². The Kier molecular flexibility index (Phi) is 1.86. The summed E-state index contributed by atoms with van der Waals surface area (Å²) >= 11 is 0. The molecule has 0 saturated carbocycles. The summed E-state index contributed by atoms with van der Waals surface area (Å²) in [7, 11) is 0. The van der Waals surface area contributed by atoms with Crippen LogP contribution in [0.15, 0.2) is 12.1 Å². The molecule has 0 aliphatic heterocycles. The van der Waals surface area contributed by atoms with Gasteiger partial charge in [0, 0.05) is 6.07 Å². The summed E-state index contributed by atoms with van der Waals surface area (Å²) in [5, 5.41) is 17.3. The zero-order chi connectivity index (χ0) is 9.30. The molecule has 0 aliphatic carbocycles. The summed E-state index contributed by atoms with van der Waals surface area (Å²) in [5.41, 5.74) is 4.33. The van der Waals surface area contributed by atoms with Gasteiger partial charge in [-0.1, -0.05) is 0 Å². The molecule has 0 radical (unpaired) electrons. The molecule has 0 heterocycles. The largest absolute Gasteiger partial charge is 0.506 e. The fraction of sp³-hybridized carbons (Fsp3) is 0. The molecule has 0 fully saturated rings. The molecule has 1 aromatic carbocycles. The molecule has 12 heavy (non-hydrogen) atoms. The molecule has 1 rings (SSSR count). The molecule has 1 aromatic rings. The van der Waals surface area contributed by atoms with Crippen LogP contribution in [-0.4, -0.2) is 16.2 Å². The first kappa shape index (κ1) is 8.32. The van der Waals surface area contributed by atoms with Crippen molar-refractivity contribution in [1.82, 2.24) is 0 Å². The number of nitrogens with two attached hydrogens (primary N) is 1. The third-order valence-electron chi connectivity index (χ3n) is 1.35. The second kappa shape index (κ2) is 2.69. The van der Waals surface area contributed by atoms with Gasteiger partial charge >= 0.3 is 5.97 Å². The van der Waals surface area contributed by atoms with Gasteiger partial charge in [0.2, 0.25) is 0 Å². The van der Waals surface area contributed by atoms with Gasteiger partial charge in [-0.05, 0) is 6.07 Å². The highest BCUT2D eigenvalue weighted by atomic mass is 19.1. The lowest BCUT2D eigenvalue weighted by molar-refractivity contribution is 0.0691. The number of carbonyl (C=O) groups is 1. The molecule has 0 atom stereocenters. The average Bonchev–Trinajstić information content (AvgIpc) is 1.96. The topological polar surface area (TPSA) is 83.6 Å². The maximum Gasteiger partial charge on any atom is 0.338 e. The van der Waals surface area contributed by atoms with Gasteiger partial charge in [0.1, 0.15) is 11.6 Å². The smallest absolute Gasteiger partial charge is 0.338 e. The van der Waals surface area contributed by atoms with Crippen molar-refractivity contribution in [2.75, 3.05) is 5.73 Å². The minimum atomic E-state index is -1.44. The van der Waals surface area contributed by atoms with E-state index in [9.17, 15) is 9.18 Å². The van der Waals surface area contributed by atoms with Crippen molar-refractivity contribution < 1.29 is 19.4 Å². The van der Waals surface area contributed by atoms with Crippen molar-refractivity contribution >= 4 is 11.7 Å². The average molecular weight is 171 g/mol. The monoisotopic (exact) mass is 171 g/mol. The van der Waals surface area contributed by atoms with E-state index in [4.69, 9.17) is 15.9 Å². The van der Waals surface area contributed by atoms with Gasteiger partial charge in [-0.3, -0.25) is 0 Å². The molecule has 4 nitrogen and oxygen atoms in total. The normalized spacial score (nSPS) is 9.75. The predicted octanol–water partition coefficient (Wildman–Crippen LogP) is 0.812. The van der Waals surface area contributed by atoms with Crippen LogP contribution in [0.5, 0.6) is 5.75 Å². The number of halogens is 1. The van der Waals surface area contributed by atoms with Crippen LogP contribution in [0.3, 0.4) is 0 Å². The number of hydrogen-bond acceptors (Lipinski definition) is 3. The van der Waals surface area contributed by atoms with Crippen LogP contribution < -0.4 is 5.73 Å². The number of phenolic OH excluding ortho intramolecular Hbond substituents is 1. The number of rotatable bonds is 1. The molecule has 0 unspecified atom stereocenters. The fourth-order valence-corrected chi connectivity index (χ4v) is 0.741. The Morgan fingerprint density at radius 3 is 2.58 bits per heavy atom. The molecule has 0 aromatic heterocycles. The lowest BCUT2D eigenvalue weighted by Gasteiger charge is -2.01. The van der Waals surface area contributed by atoms with E-state index in [1.807, 2.05) is 0 Å². The summed E-state index contributed by atoms with van der Waals surface area (Å²) in [6.45, 7) is 0. The number of nitrogen functional groups attached to an aromatic ring is 1. The van der Waals surface area contributed by atoms with Gasteiger partial charge < -0.3 is 15.9 Å². The number of carboxylic acid groups (broad SMARTS) is 1. The number of anilines is 1. The Bertz CT molecular complexity index is 338. The quantitative estimate of drug-likeness (QED) is 0.431. The van der Waals surface area contributed by atoms with Crippen molar-refractivity contribution in [3.63, 3.8) is 0 Å². The molecule has 0 bridgehead atoms. The number of benzene rings is 1. The highest BCUT2D eigenvalue weighted by Crippen LogP contribution is 2.23. The second-order valence-electron chi connectivity index (χ2n) is 2.20. The van der Waals surface area contributed by atoms with E-state index in [0.717, 1.165) is 12.1 Å². The van der Waals surface area contributed by atoms with E-state index in [1.165, 1.54) is 0 Å². The molecule has 0 amide bonds. The van der Waals surface area contributed by atoms with Crippen molar-refractivity contribution in [1.29, 1.82) is 0 Å². The van der Waals surface area contributed by atoms with Crippen LogP contribution in [0, 0.1) is 5.82 Å². The first-order valence-electron chi connectivity index (χ1n) is 3.03. The minimum absolute atomic E-state index is 0.183. The third-order valence-corrected chi connectivity index (χ3v) is 1.35. The molecule has 4 N–H and O–H groups in total. The fourth-order valence-electron chi connectivity index (χ4n) is 0.741. The number of phenols is 1. The van der Waals surface area contributed by atoms with E-state index >= 15 is 0 Å². The van der Waals surface area contributed by atoms with Gasteiger partial charge in [-0.25, -0.2) is 9.18 Å². The SMILES string of the molecule is Nc1cc(F)c(C(=O)O)cc1O. The van der Waals surface area contributed by atoms with E-state index < -0.39 is 23.1 Å². The summed E-state index contributed by atoms with van der Waals surface area (Å²) < 4.78 is 12.7. The summed E-state index contributed by atoms with van der Waals surface area (Å²) in [4.78, 5) is 10.3. The van der Waals surface area contributed by atoms with Crippen molar-refractivity contribution in [2.24, 2.45) is 0 Å². The molecule has 0 spiro atoms. The maximum absolute atomic E-state index is 12.7. The van der Waals surface area contributed by atoms with Gasteiger partial charge in [-0.15, -0.1) is 0 Å². The molecular weight excluding hydrogens is 165 g/mol. The lowest BCUT2D eigenvalue weighted by atomic mass is 10.2. The highest BCUT2D eigenvalue weighted by molar-refractivity contribution is 5.89. The lowest BCUT2D eigenvalue weighted by Crippen LogP contribution is -2.01. The number of aromatic carboxylic acids is 1. The number of hydrogen-bond donors (Lipinski definition) is 3. The van der Waals surface area contributed by atoms with E-state index in [-0.39, 0.29) is 5.69 Å². The van der Waals surface area contributed by atoms with Crippen LogP contribution in [0.4, 0.5) is 10.1 Å². The molecular formula is C7H6FNO3. The van der Waals surface area contributed by atoms with Crippen molar-refractivity contribution in [3.8, 4) is 5.75 Å². The number of aromatic hydroxyl groups is 1. The second-order valence-corrected chi connectivity index (χ2v) is 2.20. The molecule has 64 valence electrons.